The molecule has 1 aliphatic carbocycles. The Bertz CT molecular complexity index is 570. The average Bonchev–Trinajstić information content (AvgIpc) is 3.27. The van der Waals surface area contributed by atoms with E-state index in [1.165, 1.54) is 27.1 Å². The molecule has 0 aromatic heterocycles. The lowest BCUT2D eigenvalue weighted by Gasteiger charge is -2.13. The molecule has 21 heavy (non-hydrogen) atoms. The molecule has 118 valence electrons. The first kappa shape index (κ1) is 15.9. The number of ether oxygens (including phenoxy) is 2. The van der Waals surface area contributed by atoms with E-state index in [1.54, 1.807) is 18.2 Å². The molecule has 1 saturated carbocycles. The third-order valence-electron chi connectivity index (χ3n) is 3.27. The molecule has 1 fully saturated rings. The van der Waals surface area contributed by atoms with E-state index in [1.807, 2.05) is 0 Å². The maximum absolute atomic E-state index is 12.1. The molecule has 1 aliphatic rings. The predicted octanol–water partition coefficient (Wildman–Crippen LogP) is 1.59. The largest absolute Gasteiger partial charge is 0.497 e. The Labute approximate surface area is 125 Å². The first-order valence-electron chi connectivity index (χ1n) is 7.00. The van der Waals surface area contributed by atoms with Crippen molar-refractivity contribution >= 4 is 15.7 Å². The van der Waals surface area contributed by atoms with Crippen molar-refractivity contribution in [3.8, 4) is 11.5 Å². The van der Waals surface area contributed by atoms with Gasteiger partial charge in [0.05, 0.1) is 25.7 Å². The van der Waals surface area contributed by atoms with Crippen LogP contribution in [0.2, 0.25) is 0 Å². The zero-order chi connectivity index (χ0) is 15.3. The molecule has 0 atom stereocenters. The van der Waals surface area contributed by atoms with Crippen LogP contribution in [-0.2, 0) is 10.0 Å². The first-order chi connectivity index (χ1) is 10.0. The third kappa shape index (κ3) is 5.09. The Hall–Kier alpha value is -1.47. The van der Waals surface area contributed by atoms with E-state index in [-0.39, 0.29) is 5.75 Å². The van der Waals surface area contributed by atoms with E-state index in [2.05, 4.69) is 10.0 Å². The van der Waals surface area contributed by atoms with E-state index in [4.69, 9.17) is 9.47 Å². The van der Waals surface area contributed by atoms with Gasteiger partial charge in [-0.05, 0) is 37.9 Å². The predicted molar refractivity (Wildman–Crippen MR) is 82.6 cm³/mol. The van der Waals surface area contributed by atoms with E-state index in [0.29, 0.717) is 29.6 Å². The van der Waals surface area contributed by atoms with Crippen molar-refractivity contribution < 1.29 is 17.9 Å². The highest BCUT2D eigenvalue weighted by atomic mass is 32.2. The second kappa shape index (κ2) is 7.00. The maximum atomic E-state index is 12.1. The van der Waals surface area contributed by atoms with Gasteiger partial charge in [0, 0.05) is 12.1 Å². The first-order valence-corrected chi connectivity index (χ1v) is 8.65. The Kier molecular flexibility index (Phi) is 5.30. The second-order valence-electron chi connectivity index (χ2n) is 5.07. The Morgan fingerprint density at radius 1 is 1.24 bits per heavy atom. The van der Waals surface area contributed by atoms with Crippen LogP contribution in [0.4, 0.5) is 5.69 Å². The SMILES string of the molecule is COc1ccc(OC)c(NS(=O)(=O)CCCNC2CC2)c1. The number of methoxy groups -OCH3 is 2. The third-order valence-corrected chi connectivity index (χ3v) is 4.63. The van der Waals surface area contributed by atoms with Crippen LogP contribution in [0, 0.1) is 0 Å². The summed E-state index contributed by atoms with van der Waals surface area (Å²) in [6, 6.07) is 5.60. The summed E-state index contributed by atoms with van der Waals surface area (Å²) in [5.41, 5.74) is 0.395. The lowest BCUT2D eigenvalue weighted by atomic mass is 10.3. The molecule has 0 radical (unpaired) electrons. The number of hydrogen-bond acceptors (Lipinski definition) is 5. The van der Waals surface area contributed by atoms with Gasteiger partial charge in [0.15, 0.2) is 0 Å². The Balaban J connectivity index is 1.94. The van der Waals surface area contributed by atoms with Crippen LogP contribution in [0.15, 0.2) is 18.2 Å². The smallest absolute Gasteiger partial charge is 0.232 e. The van der Waals surface area contributed by atoms with Gasteiger partial charge >= 0.3 is 0 Å². The molecular formula is C14H22N2O4S. The molecule has 0 bridgehead atoms. The van der Waals surface area contributed by atoms with Crippen molar-refractivity contribution in [2.45, 2.75) is 25.3 Å². The lowest BCUT2D eigenvalue weighted by Crippen LogP contribution is -2.23. The van der Waals surface area contributed by atoms with Crippen molar-refractivity contribution in [2.75, 3.05) is 31.2 Å². The van der Waals surface area contributed by atoms with Gasteiger partial charge in [0.2, 0.25) is 10.0 Å². The topological polar surface area (TPSA) is 76.7 Å². The lowest BCUT2D eigenvalue weighted by molar-refractivity contribution is 0.405. The molecule has 6 nitrogen and oxygen atoms in total. The van der Waals surface area contributed by atoms with Crippen LogP contribution in [0.1, 0.15) is 19.3 Å². The summed E-state index contributed by atoms with van der Waals surface area (Å²) in [5.74, 6) is 1.12. The van der Waals surface area contributed by atoms with Crippen molar-refractivity contribution in [1.29, 1.82) is 0 Å². The van der Waals surface area contributed by atoms with E-state index >= 15 is 0 Å². The number of benzene rings is 1. The fourth-order valence-corrected chi connectivity index (χ4v) is 3.09. The summed E-state index contributed by atoms with van der Waals surface area (Å²) in [7, 11) is -0.365. The number of rotatable bonds is 9. The van der Waals surface area contributed by atoms with Gasteiger partial charge in [-0.15, -0.1) is 0 Å². The van der Waals surface area contributed by atoms with Gasteiger partial charge in [-0.1, -0.05) is 0 Å². The molecule has 0 saturated heterocycles. The average molecular weight is 314 g/mol. The maximum Gasteiger partial charge on any atom is 0.232 e. The van der Waals surface area contributed by atoms with Crippen LogP contribution >= 0.6 is 0 Å². The Morgan fingerprint density at radius 2 is 2.00 bits per heavy atom. The van der Waals surface area contributed by atoms with Crippen molar-refractivity contribution in [3.05, 3.63) is 18.2 Å². The zero-order valence-electron chi connectivity index (χ0n) is 12.4. The molecule has 0 spiro atoms. The van der Waals surface area contributed by atoms with Gasteiger partial charge in [0.1, 0.15) is 11.5 Å². The van der Waals surface area contributed by atoms with Crippen LogP contribution in [0.5, 0.6) is 11.5 Å². The van der Waals surface area contributed by atoms with Gasteiger partial charge in [-0.2, -0.15) is 0 Å². The van der Waals surface area contributed by atoms with Crippen molar-refractivity contribution in [3.63, 3.8) is 0 Å². The molecule has 0 unspecified atom stereocenters. The van der Waals surface area contributed by atoms with E-state index in [9.17, 15) is 8.42 Å². The monoisotopic (exact) mass is 314 g/mol. The van der Waals surface area contributed by atoms with E-state index < -0.39 is 10.0 Å². The number of anilines is 1. The highest BCUT2D eigenvalue weighted by Crippen LogP contribution is 2.29. The van der Waals surface area contributed by atoms with Gasteiger partial charge < -0.3 is 14.8 Å². The van der Waals surface area contributed by atoms with Crippen LogP contribution in [0.25, 0.3) is 0 Å². The normalized spacial score (nSPS) is 14.8. The molecule has 0 amide bonds. The second-order valence-corrected chi connectivity index (χ2v) is 6.91. The summed E-state index contributed by atoms with van der Waals surface area (Å²) < 4.78 is 37.0. The molecule has 7 heteroatoms. The fourth-order valence-electron chi connectivity index (χ4n) is 1.97. The summed E-state index contributed by atoms with van der Waals surface area (Å²) in [6.45, 7) is 0.723. The number of nitrogens with one attached hydrogen (secondary N) is 2. The molecule has 2 rings (SSSR count). The zero-order valence-corrected chi connectivity index (χ0v) is 13.2. The fraction of sp³-hybridized carbons (Fsp3) is 0.571. The molecule has 2 N–H and O–H groups in total. The Morgan fingerprint density at radius 3 is 2.62 bits per heavy atom. The van der Waals surface area contributed by atoms with E-state index in [0.717, 1.165) is 6.54 Å². The quantitative estimate of drug-likeness (QED) is 0.677. The van der Waals surface area contributed by atoms with Gasteiger partial charge in [-0.3, -0.25) is 4.72 Å². The summed E-state index contributed by atoms with van der Waals surface area (Å²) in [4.78, 5) is 0. The van der Waals surface area contributed by atoms with Gasteiger partial charge in [0.25, 0.3) is 0 Å². The van der Waals surface area contributed by atoms with Crippen LogP contribution in [0.3, 0.4) is 0 Å². The minimum atomic E-state index is -3.40. The highest BCUT2D eigenvalue weighted by molar-refractivity contribution is 7.92. The minimum absolute atomic E-state index is 0.0765. The van der Waals surface area contributed by atoms with Crippen molar-refractivity contribution in [1.82, 2.24) is 5.32 Å². The van der Waals surface area contributed by atoms with Crippen LogP contribution in [-0.4, -0.2) is 41.0 Å². The molecular weight excluding hydrogens is 292 g/mol. The summed E-state index contributed by atoms with van der Waals surface area (Å²) >= 11 is 0. The molecule has 0 aliphatic heterocycles. The minimum Gasteiger partial charge on any atom is -0.497 e. The standard InChI is InChI=1S/C14H22N2O4S/c1-19-12-6-7-14(20-2)13(10-12)16-21(17,18)9-3-8-15-11-4-5-11/h6-7,10-11,15-16H,3-5,8-9H2,1-2H3. The molecule has 0 heterocycles. The summed E-state index contributed by atoms with van der Waals surface area (Å²) in [5, 5.41) is 3.30. The van der Waals surface area contributed by atoms with Gasteiger partial charge in [-0.25, -0.2) is 8.42 Å². The number of hydrogen-bond donors (Lipinski definition) is 2. The van der Waals surface area contributed by atoms with Crippen LogP contribution < -0.4 is 19.5 Å². The summed E-state index contributed by atoms with van der Waals surface area (Å²) in [6.07, 6.45) is 2.98. The molecule has 1 aromatic rings. The molecule has 1 aromatic carbocycles. The highest BCUT2D eigenvalue weighted by Gasteiger charge is 2.20. The number of sulfonamides is 1. The van der Waals surface area contributed by atoms with Crippen molar-refractivity contribution in [2.24, 2.45) is 0 Å².